The standard InChI is InChI=1S/C12H16OS2/c1-2-13-11-7-4-3-6-10(11)12-14-8-5-9-15-12/h3-4,6-7,12H,2,5,8-9H2,1H3. The van der Waals surface area contributed by atoms with Crippen molar-refractivity contribution in [2.75, 3.05) is 18.1 Å². The molecule has 1 aromatic carbocycles. The smallest absolute Gasteiger partial charge is 0.124 e. The highest BCUT2D eigenvalue weighted by atomic mass is 32.2. The maximum absolute atomic E-state index is 5.66. The molecule has 1 fully saturated rings. The fourth-order valence-corrected chi connectivity index (χ4v) is 4.57. The first-order valence-electron chi connectivity index (χ1n) is 5.36. The average molecular weight is 240 g/mol. The highest BCUT2D eigenvalue weighted by Crippen LogP contribution is 2.46. The van der Waals surface area contributed by atoms with Crippen molar-refractivity contribution in [1.82, 2.24) is 0 Å². The van der Waals surface area contributed by atoms with Crippen molar-refractivity contribution in [3.05, 3.63) is 29.8 Å². The second-order valence-corrected chi connectivity index (χ2v) is 6.12. The molecule has 2 rings (SSSR count). The Bertz CT molecular complexity index is 308. The molecular weight excluding hydrogens is 224 g/mol. The first-order chi connectivity index (χ1) is 7.42. The third-order valence-corrected chi connectivity index (χ3v) is 5.28. The zero-order chi connectivity index (χ0) is 10.5. The quantitative estimate of drug-likeness (QED) is 0.791. The van der Waals surface area contributed by atoms with Gasteiger partial charge in [0.05, 0.1) is 11.2 Å². The molecule has 0 spiro atoms. The molecule has 3 heteroatoms. The number of rotatable bonds is 3. The summed E-state index contributed by atoms with van der Waals surface area (Å²) in [5, 5.41) is 0. The van der Waals surface area contributed by atoms with E-state index in [0.717, 1.165) is 12.4 Å². The highest BCUT2D eigenvalue weighted by molar-refractivity contribution is 8.16. The third-order valence-electron chi connectivity index (χ3n) is 2.30. The van der Waals surface area contributed by atoms with Crippen molar-refractivity contribution >= 4 is 23.5 Å². The molecule has 0 bridgehead atoms. The number of hydrogen-bond donors (Lipinski definition) is 0. The number of thioether (sulfide) groups is 2. The van der Waals surface area contributed by atoms with Gasteiger partial charge in [-0.3, -0.25) is 0 Å². The molecule has 0 radical (unpaired) electrons. The maximum Gasteiger partial charge on any atom is 0.124 e. The molecule has 0 aromatic heterocycles. The van der Waals surface area contributed by atoms with Crippen molar-refractivity contribution < 1.29 is 4.74 Å². The van der Waals surface area contributed by atoms with Gasteiger partial charge in [0, 0.05) is 5.56 Å². The maximum atomic E-state index is 5.66. The lowest BCUT2D eigenvalue weighted by atomic mass is 10.2. The van der Waals surface area contributed by atoms with Gasteiger partial charge in [-0.1, -0.05) is 18.2 Å². The van der Waals surface area contributed by atoms with Crippen LogP contribution in [0.1, 0.15) is 23.5 Å². The Morgan fingerprint density at radius 2 is 2.00 bits per heavy atom. The van der Waals surface area contributed by atoms with E-state index in [0.29, 0.717) is 4.58 Å². The van der Waals surface area contributed by atoms with Crippen LogP contribution in [0.2, 0.25) is 0 Å². The van der Waals surface area contributed by atoms with Gasteiger partial charge in [0.1, 0.15) is 5.75 Å². The molecule has 0 N–H and O–H groups in total. The molecule has 1 aliphatic rings. The Kier molecular flexibility index (Phi) is 4.27. The van der Waals surface area contributed by atoms with Crippen LogP contribution in [0, 0.1) is 0 Å². The van der Waals surface area contributed by atoms with E-state index >= 15 is 0 Å². The van der Waals surface area contributed by atoms with Crippen LogP contribution >= 0.6 is 23.5 Å². The lowest BCUT2D eigenvalue weighted by molar-refractivity contribution is 0.337. The highest BCUT2D eigenvalue weighted by Gasteiger charge is 2.19. The molecule has 0 saturated carbocycles. The van der Waals surface area contributed by atoms with Crippen LogP contribution in [0.15, 0.2) is 24.3 Å². The van der Waals surface area contributed by atoms with Gasteiger partial charge in [-0.25, -0.2) is 0 Å². The molecule has 82 valence electrons. The lowest BCUT2D eigenvalue weighted by Crippen LogP contribution is -2.03. The molecule has 1 heterocycles. The summed E-state index contributed by atoms with van der Waals surface area (Å²) in [5.74, 6) is 3.61. The molecule has 15 heavy (non-hydrogen) atoms. The summed E-state index contributed by atoms with van der Waals surface area (Å²) in [6.45, 7) is 2.79. The zero-order valence-electron chi connectivity index (χ0n) is 8.94. The molecule has 0 unspecified atom stereocenters. The summed E-state index contributed by atoms with van der Waals surface area (Å²) < 4.78 is 6.23. The van der Waals surface area contributed by atoms with E-state index in [1.165, 1.54) is 23.5 Å². The van der Waals surface area contributed by atoms with Crippen molar-refractivity contribution in [1.29, 1.82) is 0 Å². The Morgan fingerprint density at radius 3 is 2.73 bits per heavy atom. The predicted molar refractivity (Wildman–Crippen MR) is 69.9 cm³/mol. The normalized spacial score (nSPS) is 17.7. The second-order valence-electron chi connectivity index (χ2n) is 3.40. The summed E-state index contributed by atoms with van der Waals surface area (Å²) in [7, 11) is 0. The number of hydrogen-bond acceptors (Lipinski definition) is 3. The van der Waals surface area contributed by atoms with E-state index in [4.69, 9.17) is 4.74 Å². The Hall–Kier alpha value is -0.280. The van der Waals surface area contributed by atoms with E-state index in [9.17, 15) is 0 Å². The topological polar surface area (TPSA) is 9.23 Å². The SMILES string of the molecule is CCOc1ccccc1C1SCCCS1. The van der Waals surface area contributed by atoms with Crippen molar-refractivity contribution in [2.45, 2.75) is 17.9 Å². The summed E-state index contributed by atoms with van der Waals surface area (Å²) in [4.78, 5) is 0. The average Bonchev–Trinajstić information content (AvgIpc) is 2.31. The number of ether oxygens (including phenoxy) is 1. The van der Waals surface area contributed by atoms with Gasteiger partial charge >= 0.3 is 0 Å². The molecule has 1 nitrogen and oxygen atoms in total. The fraction of sp³-hybridized carbons (Fsp3) is 0.500. The van der Waals surface area contributed by atoms with Gasteiger partial charge in [0.2, 0.25) is 0 Å². The molecular formula is C12H16OS2. The Balaban J connectivity index is 2.17. The lowest BCUT2D eigenvalue weighted by Gasteiger charge is -2.23. The first-order valence-corrected chi connectivity index (χ1v) is 7.46. The van der Waals surface area contributed by atoms with Gasteiger partial charge < -0.3 is 4.74 Å². The second kappa shape index (κ2) is 5.71. The number of benzene rings is 1. The van der Waals surface area contributed by atoms with Crippen molar-refractivity contribution in [3.63, 3.8) is 0 Å². The third kappa shape index (κ3) is 2.85. The van der Waals surface area contributed by atoms with Crippen LogP contribution in [0.25, 0.3) is 0 Å². The minimum absolute atomic E-state index is 0.571. The van der Waals surface area contributed by atoms with Crippen molar-refractivity contribution in [2.24, 2.45) is 0 Å². The predicted octanol–water partition coefficient (Wildman–Crippen LogP) is 3.95. The zero-order valence-corrected chi connectivity index (χ0v) is 10.6. The van der Waals surface area contributed by atoms with Crippen LogP contribution in [0.3, 0.4) is 0 Å². The molecule has 1 aromatic rings. The Labute approximate surface area is 100.0 Å². The fourth-order valence-electron chi connectivity index (χ4n) is 1.63. The minimum Gasteiger partial charge on any atom is -0.494 e. The monoisotopic (exact) mass is 240 g/mol. The summed E-state index contributed by atoms with van der Waals surface area (Å²) in [5.41, 5.74) is 1.36. The van der Waals surface area contributed by atoms with E-state index in [-0.39, 0.29) is 0 Å². The number of para-hydroxylation sites is 1. The van der Waals surface area contributed by atoms with Crippen LogP contribution in [0.5, 0.6) is 5.75 Å². The Morgan fingerprint density at radius 1 is 1.27 bits per heavy atom. The van der Waals surface area contributed by atoms with Crippen LogP contribution in [-0.2, 0) is 0 Å². The van der Waals surface area contributed by atoms with E-state index in [1.54, 1.807) is 0 Å². The summed E-state index contributed by atoms with van der Waals surface area (Å²) >= 11 is 4.08. The molecule has 0 amide bonds. The molecule has 0 aliphatic carbocycles. The van der Waals surface area contributed by atoms with Crippen LogP contribution < -0.4 is 4.74 Å². The van der Waals surface area contributed by atoms with Crippen LogP contribution in [-0.4, -0.2) is 18.1 Å². The molecule has 1 saturated heterocycles. The van der Waals surface area contributed by atoms with E-state index in [1.807, 2.05) is 36.5 Å². The van der Waals surface area contributed by atoms with E-state index in [2.05, 4.69) is 18.2 Å². The summed E-state index contributed by atoms with van der Waals surface area (Å²) in [6, 6.07) is 8.43. The van der Waals surface area contributed by atoms with Gasteiger partial charge in [0.15, 0.2) is 0 Å². The first kappa shape index (κ1) is 11.2. The molecule has 0 atom stereocenters. The van der Waals surface area contributed by atoms with Crippen molar-refractivity contribution in [3.8, 4) is 5.75 Å². The van der Waals surface area contributed by atoms with Gasteiger partial charge in [0.25, 0.3) is 0 Å². The van der Waals surface area contributed by atoms with Gasteiger partial charge in [-0.05, 0) is 30.9 Å². The van der Waals surface area contributed by atoms with Gasteiger partial charge in [-0.15, -0.1) is 23.5 Å². The minimum atomic E-state index is 0.571. The van der Waals surface area contributed by atoms with E-state index < -0.39 is 0 Å². The van der Waals surface area contributed by atoms with Crippen LogP contribution in [0.4, 0.5) is 0 Å². The summed E-state index contributed by atoms with van der Waals surface area (Å²) in [6.07, 6.45) is 1.34. The molecule has 1 aliphatic heterocycles. The van der Waals surface area contributed by atoms with Gasteiger partial charge in [-0.2, -0.15) is 0 Å². The largest absolute Gasteiger partial charge is 0.494 e.